The molecule has 0 aromatic heterocycles. The van der Waals surface area contributed by atoms with Crippen LogP contribution in [0.25, 0.3) is 0 Å². The number of ether oxygens (including phenoxy) is 1. The molecular weight excluding hydrogens is 252 g/mol. The number of rotatable bonds is 4. The molecule has 0 saturated carbocycles. The molecule has 2 atom stereocenters. The Bertz CT molecular complexity index is 352. The number of hydrazine groups is 1. The summed E-state index contributed by atoms with van der Waals surface area (Å²) in [4.78, 5) is 0. The van der Waals surface area contributed by atoms with E-state index in [1.54, 1.807) is 0 Å². The van der Waals surface area contributed by atoms with Crippen molar-refractivity contribution in [3.63, 3.8) is 0 Å². The highest BCUT2D eigenvalue weighted by atomic mass is 32.2. The molecule has 0 amide bonds. The first-order chi connectivity index (χ1) is 8.63. The molecule has 2 aliphatic rings. The fourth-order valence-corrected chi connectivity index (χ4v) is 5.22. The van der Waals surface area contributed by atoms with Crippen LogP contribution in [0.15, 0.2) is 0 Å². The van der Waals surface area contributed by atoms with E-state index < -0.39 is 9.84 Å². The Hall–Kier alpha value is -0.170. The van der Waals surface area contributed by atoms with Crippen molar-refractivity contribution in [3.8, 4) is 0 Å². The largest absolute Gasteiger partial charge is 0.381 e. The molecule has 2 aliphatic heterocycles. The van der Waals surface area contributed by atoms with Gasteiger partial charge in [-0.2, -0.15) is 0 Å². The molecule has 6 heteroatoms. The molecule has 2 rings (SSSR count). The third kappa shape index (κ3) is 3.44. The van der Waals surface area contributed by atoms with Crippen LogP contribution in [0.3, 0.4) is 0 Å². The Morgan fingerprint density at radius 3 is 2.56 bits per heavy atom. The van der Waals surface area contributed by atoms with Crippen molar-refractivity contribution < 1.29 is 13.2 Å². The van der Waals surface area contributed by atoms with E-state index in [-0.39, 0.29) is 11.3 Å². The zero-order valence-electron chi connectivity index (χ0n) is 10.8. The highest BCUT2D eigenvalue weighted by Crippen LogP contribution is 2.28. The lowest BCUT2D eigenvalue weighted by Gasteiger charge is -2.33. The van der Waals surface area contributed by atoms with Gasteiger partial charge in [-0.15, -0.1) is 0 Å². The Labute approximate surface area is 109 Å². The maximum atomic E-state index is 12.1. The molecule has 0 bridgehead atoms. The average Bonchev–Trinajstić information content (AvgIpc) is 2.37. The molecular formula is C12H24N2O3S. The molecule has 5 nitrogen and oxygen atoms in total. The van der Waals surface area contributed by atoms with Gasteiger partial charge in [0.25, 0.3) is 0 Å². The van der Waals surface area contributed by atoms with E-state index in [4.69, 9.17) is 10.6 Å². The molecule has 106 valence electrons. The van der Waals surface area contributed by atoms with Gasteiger partial charge in [-0.3, -0.25) is 11.3 Å². The van der Waals surface area contributed by atoms with Crippen LogP contribution in [0.4, 0.5) is 0 Å². The quantitative estimate of drug-likeness (QED) is 0.580. The average molecular weight is 276 g/mol. The lowest BCUT2D eigenvalue weighted by Crippen LogP contribution is -2.50. The Balaban J connectivity index is 1.98. The summed E-state index contributed by atoms with van der Waals surface area (Å²) in [6.45, 7) is 1.58. The first-order valence-corrected chi connectivity index (χ1v) is 8.60. The lowest BCUT2D eigenvalue weighted by atomic mass is 9.90. The van der Waals surface area contributed by atoms with Crippen LogP contribution in [-0.2, 0) is 14.6 Å². The number of hydrogen-bond acceptors (Lipinski definition) is 5. The molecule has 0 radical (unpaired) electrons. The third-order valence-corrected chi connectivity index (χ3v) is 6.56. The first-order valence-electron chi connectivity index (χ1n) is 6.89. The normalized spacial score (nSPS) is 31.1. The molecule has 2 fully saturated rings. The van der Waals surface area contributed by atoms with Crippen LogP contribution in [0.1, 0.15) is 38.5 Å². The first kappa shape index (κ1) is 14.2. The fraction of sp³-hybridized carbons (Fsp3) is 1.00. The summed E-state index contributed by atoms with van der Waals surface area (Å²) in [5, 5.41) is -0.293. The second-order valence-corrected chi connectivity index (χ2v) is 7.81. The summed E-state index contributed by atoms with van der Waals surface area (Å²) in [5.41, 5.74) is 2.75. The van der Waals surface area contributed by atoms with Crippen molar-refractivity contribution in [3.05, 3.63) is 0 Å². The summed E-state index contributed by atoms with van der Waals surface area (Å²) in [5.74, 6) is 6.46. The standard InChI is InChI=1S/C12H24N2O3S/c13-14-11(9-10-4-6-17-7-5-10)12-3-1-2-8-18(12,15)16/h10-12,14H,1-9,13H2. The smallest absolute Gasteiger partial charge is 0.154 e. The van der Waals surface area contributed by atoms with Crippen LogP contribution in [0.5, 0.6) is 0 Å². The zero-order chi connectivity index (χ0) is 13.0. The SMILES string of the molecule is NNC(CC1CCOCC1)C1CCCCS1(=O)=O. The van der Waals surface area contributed by atoms with Crippen molar-refractivity contribution in [2.24, 2.45) is 11.8 Å². The zero-order valence-corrected chi connectivity index (χ0v) is 11.6. The predicted octanol–water partition coefficient (Wildman–Crippen LogP) is 0.602. The van der Waals surface area contributed by atoms with E-state index in [0.717, 1.165) is 51.7 Å². The minimum Gasteiger partial charge on any atom is -0.381 e. The molecule has 2 heterocycles. The summed E-state index contributed by atoms with van der Waals surface area (Å²) >= 11 is 0. The molecule has 0 aliphatic carbocycles. The fourth-order valence-electron chi connectivity index (χ4n) is 3.10. The number of nitrogens with two attached hydrogens (primary N) is 1. The van der Waals surface area contributed by atoms with Crippen molar-refractivity contribution in [2.75, 3.05) is 19.0 Å². The van der Waals surface area contributed by atoms with Crippen LogP contribution in [0, 0.1) is 5.92 Å². The molecule has 2 saturated heterocycles. The Kier molecular flexibility index (Phi) is 5.00. The van der Waals surface area contributed by atoms with Crippen molar-refractivity contribution in [2.45, 2.75) is 49.8 Å². The van der Waals surface area contributed by atoms with Crippen LogP contribution < -0.4 is 11.3 Å². The molecule has 18 heavy (non-hydrogen) atoms. The molecule has 0 spiro atoms. The Morgan fingerprint density at radius 2 is 1.94 bits per heavy atom. The highest BCUT2D eigenvalue weighted by Gasteiger charge is 2.36. The van der Waals surface area contributed by atoms with Crippen molar-refractivity contribution in [1.82, 2.24) is 5.43 Å². The molecule has 0 aromatic rings. The van der Waals surface area contributed by atoms with E-state index in [1.807, 2.05) is 0 Å². The van der Waals surface area contributed by atoms with Crippen molar-refractivity contribution >= 4 is 9.84 Å². The third-order valence-electron chi connectivity index (χ3n) is 4.22. The van der Waals surface area contributed by atoms with E-state index in [9.17, 15) is 8.42 Å². The summed E-state index contributed by atoms with van der Waals surface area (Å²) < 4.78 is 29.5. The van der Waals surface area contributed by atoms with Crippen LogP contribution >= 0.6 is 0 Å². The Morgan fingerprint density at radius 1 is 1.22 bits per heavy atom. The second-order valence-electron chi connectivity index (χ2n) is 5.47. The maximum Gasteiger partial charge on any atom is 0.154 e. The van der Waals surface area contributed by atoms with Gasteiger partial charge >= 0.3 is 0 Å². The van der Waals surface area contributed by atoms with Gasteiger partial charge in [-0.1, -0.05) is 6.42 Å². The minimum atomic E-state index is -2.96. The van der Waals surface area contributed by atoms with E-state index in [0.29, 0.717) is 11.7 Å². The molecule has 0 aromatic carbocycles. The van der Waals surface area contributed by atoms with Gasteiger partial charge in [0.1, 0.15) is 0 Å². The maximum absolute atomic E-state index is 12.1. The van der Waals surface area contributed by atoms with Gasteiger partial charge in [0.2, 0.25) is 0 Å². The van der Waals surface area contributed by atoms with E-state index >= 15 is 0 Å². The van der Waals surface area contributed by atoms with Gasteiger partial charge < -0.3 is 4.74 Å². The molecule has 3 N–H and O–H groups in total. The lowest BCUT2D eigenvalue weighted by molar-refractivity contribution is 0.0602. The van der Waals surface area contributed by atoms with E-state index in [2.05, 4.69) is 5.43 Å². The molecule has 2 unspecified atom stereocenters. The van der Waals surface area contributed by atoms with Gasteiger partial charge in [0.15, 0.2) is 9.84 Å². The van der Waals surface area contributed by atoms with Crippen molar-refractivity contribution in [1.29, 1.82) is 0 Å². The van der Waals surface area contributed by atoms with Gasteiger partial charge in [0, 0.05) is 19.3 Å². The van der Waals surface area contributed by atoms with Gasteiger partial charge in [-0.05, 0) is 38.0 Å². The monoisotopic (exact) mass is 276 g/mol. The highest BCUT2D eigenvalue weighted by molar-refractivity contribution is 7.92. The number of sulfone groups is 1. The predicted molar refractivity (Wildman–Crippen MR) is 70.7 cm³/mol. The van der Waals surface area contributed by atoms with Gasteiger partial charge in [-0.25, -0.2) is 8.42 Å². The number of nitrogens with one attached hydrogen (secondary N) is 1. The van der Waals surface area contributed by atoms with Crippen LogP contribution in [-0.4, -0.2) is 38.7 Å². The topological polar surface area (TPSA) is 81.4 Å². The van der Waals surface area contributed by atoms with Crippen LogP contribution in [0.2, 0.25) is 0 Å². The number of hydrogen-bond donors (Lipinski definition) is 2. The second kappa shape index (κ2) is 6.32. The summed E-state index contributed by atoms with van der Waals surface area (Å²) in [6, 6.07) is -0.0987. The summed E-state index contributed by atoms with van der Waals surface area (Å²) in [6.07, 6.45) is 5.43. The minimum absolute atomic E-state index is 0.0987. The summed E-state index contributed by atoms with van der Waals surface area (Å²) in [7, 11) is -2.96. The van der Waals surface area contributed by atoms with Gasteiger partial charge in [0.05, 0.1) is 11.0 Å². The van der Waals surface area contributed by atoms with E-state index in [1.165, 1.54) is 0 Å².